The van der Waals surface area contributed by atoms with Crippen molar-refractivity contribution in [2.45, 2.75) is 37.8 Å². The minimum atomic E-state index is -0.655. The van der Waals surface area contributed by atoms with Crippen LogP contribution in [0.2, 0.25) is 5.02 Å². The first-order valence-electron chi connectivity index (χ1n) is 7.26. The molecule has 3 rings (SSSR count). The first kappa shape index (κ1) is 14.1. The third-order valence-corrected chi connectivity index (χ3v) is 4.84. The van der Waals surface area contributed by atoms with Crippen LogP contribution in [0.4, 0.5) is 5.82 Å². The molecule has 2 fully saturated rings. The van der Waals surface area contributed by atoms with Crippen LogP contribution in [-0.4, -0.2) is 41.5 Å². The van der Waals surface area contributed by atoms with Gasteiger partial charge < -0.3 is 14.7 Å². The largest absolute Gasteiger partial charge is 0.390 e. The second-order valence-electron chi connectivity index (χ2n) is 6.03. The number of ether oxygens (including phenoxy) is 1. The highest BCUT2D eigenvalue weighted by molar-refractivity contribution is 6.30. The number of pyridine rings is 1. The number of aliphatic hydroxyl groups is 1. The maximum absolute atomic E-state index is 10.7. The molecule has 20 heavy (non-hydrogen) atoms. The van der Waals surface area contributed by atoms with E-state index in [9.17, 15) is 5.11 Å². The van der Waals surface area contributed by atoms with Crippen molar-refractivity contribution in [3.05, 3.63) is 23.4 Å². The van der Waals surface area contributed by atoms with Gasteiger partial charge in [-0.15, -0.1) is 0 Å². The zero-order valence-electron chi connectivity index (χ0n) is 11.8. The molecule has 0 spiro atoms. The fourth-order valence-corrected chi connectivity index (χ4v) is 3.52. The van der Waals surface area contributed by atoms with Crippen molar-refractivity contribution >= 4 is 17.4 Å². The van der Waals surface area contributed by atoms with Crippen molar-refractivity contribution in [2.75, 3.05) is 24.7 Å². The molecule has 1 N–H and O–H groups in total. The fraction of sp³-hybridized carbons (Fsp3) is 0.667. The standard InChI is InChI=1S/C15H21ClN2O2/c1-15(19)6-8-20-10-12(15)13-3-2-7-18(13)14-5-4-11(16)9-17-14/h4-5,9,12-13,19H,2-3,6-8,10H2,1H3/t12-,13-,15+/m1/s1. The van der Waals surface area contributed by atoms with E-state index in [2.05, 4.69) is 9.88 Å². The van der Waals surface area contributed by atoms with Crippen LogP contribution in [0.1, 0.15) is 26.2 Å². The molecule has 0 aliphatic carbocycles. The molecule has 2 aliphatic rings. The fourth-order valence-electron chi connectivity index (χ4n) is 3.41. The lowest BCUT2D eigenvalue weighted by Gasteiger charge is -2.43. The van der Waals surface area contributed by atoms with E-state index in [1.54, 1.807) is 6.20 Å². The van der Waals surface area contributed by atoms with E-state index in [4.69, 9.17) is 16.3 Å². The predicted molar refractivity (Wildman–Crippen MR) is 79.2 cm³/mol. The van der Waals surface area contributed by atoms with E-state index in [1.807, 2.05) is 19.1 Å². The maximum atomic E-state index is 10.7. The van der Waals surface area contributed by atoms with Crippen LogP contribution in [0.3, 0.4) is 0 Å². The normalized spacial score (nSPS) is 34.5. The average molecular weight is 297 g/mol. The maximum Gasteiger partial charge on any atom is 0.128 e. The zero-order chi connectivity index (χ0) is 14.2. The number of aromatic nitrogens is 1. The van der Waals surface area contributed by atoms with Crippen LogP contribution in [-0.2, 0) is 4.74 Å². The summed E-state index contributed by atoms with van der Waals surface area (Å²) in [7, 11) is 0. The summed E-state index contributed by atoms with van der Waals surface area (Å²) in [5.41, 5.74) is -0.655. The van der Waals surface area contributed by atoms with Crippen LogP contribution < -0.4 is 4.90 Å². The molecule has 0 amide bonds. The number of hydrogen-bond donors (Lipinski definition) is 1. The number of halogens is 1. The summed E-state index contributed by atoms with van der Waals surface area (Å²) in [5.74, 6) is 1.08. The molecule has 0 unspecified atom stereocenters. The lowest BCUT2D eigenvalue weighted by atomic mass is 9.79. The first-order chi connectivity index (χ1) is 9.58. The highest BCUT2D eigenvalue weighted by atomic mass is 35.5. The second kappa shape index (κ2) is 5.51. The predicted octanol–water partition coefficient (Wildman–Crippen LogP) is 2.49. The van der Waals surface area contributed by atoms with Crippen LogP contribution in [0, 0.1) is 5.92 Å². The number of anilines is 1. The average Bonchev–Trinajstić information content (AvgIpc) is 2.88. The third-order valence-electron chi connectivity index (χ3n) is 4.62. The van der Waals surface area contributed by atoms with Crippen molar-refractivity contribution in [3.8, 4) is 0 Å². The van der Waals surface area contributed by atoms with E-state index >= 15 is 0 Å². The van der Waals surface area contributed by atoms with Crippen LogP contribution in [0.5, 0.6) is 0 Å². The Morgan fingerprint density at radius 3 is 3.05 bits per heavy atom. The van der Waals surface area contributed by atoms with E-state index in [-0.39, 0.29) is 5.92 Å². The lowest BCUT2D eigenvalue weighted by Crippen LogP contribution is -2.52. The smallest absolute Gasteiger partial charge is 0.128 e. The Hall–Kier alpha value is -0.840. The molecule has 5 heteroatoms. The van der Waals surface area contributed by atoms with Crippen molar-refractivity contribution < 1.29 is 9.84 Å². The van der Waals surface area contributed by atoms with Crippen LogP contribution in [0.25, 0.3) is 0 Å². The SMILES string of the molecule is C[C@]1(O)CCOC[C@@H]1[C@H]1CCCN1c1ccc(Cl)cn1. The van der Waals surface area contributed by atoms with E-state index in [1.165, 1.54) is 0 Å². The monoisotopic (exact) mass is 296 g/mol. The minimum Gasteiger partial charge on any atom is -0.390 e. The third kappa shape index (κ3) is 2.65. The molecule has 4 nitrogen and oxygen atoms in total. The minimum absolute atomic E-state index is 0.135. The summed E-state index contributed by atoms with van der Waals surface area (Å²) < 4.78 is 5.61. The lowest BCUT2D eigenvalue weighted by molar-refractivity contribution is -0.108. The van der Waals surface area contributed by atoms with Gasteiger partial charge in [-0.1, -0.05) is 11.6 Å². The zero-order valence-corrected chi connectivity index (χ0v) is 12.5. The van der Waals surface area contributed by atoms with Gasteiger partial charge in [-0.3, -0.25) is 0 Å². The van der Waals surface area contributed by atoms with Gasteiger partial charge in [0.2, 0.25) is 0 Å². The summed E-state index contributed by atoms with van der Waals surface area (Å²) >= 11 is 5.91. The molecular weight excluding hydrogens is 276 g/mol. The van der Waals surface area contributed by atoms with Gasteiger partial charge in [0.05, 0.1) is 17.2 Å². The quantitative estimate of drug-likeness (QED) is 0.911. The molecule has 0 bridgehead atoms. The van der Waals surface area contributed by atoms with Gasteiger partial charge in [0.15, 0.2) is 0 Å². The number of nitrogens with zero attached hydrogens (tertiary/aromatic N) is 2. The van der Waals surface area contributed by atoms with Gasteiger partial charge in [-0.2, -0.15) is 0 Å². The molecule has 110 valence electrons. The Morgan fingerprint density at radius 2 is 2.35 bits per heavy atom. The van der Waals surface area contributed by atoms with Crippen molar-refractivity contribution in [1.82, 2.24) is 4.98 Å². The Labute approximate surface area is 124 Å². The van der Waals surface area contributed by atoms with Gasteiger partial charge >= 0.3 is 0 Å². The van der Waals surface area contributed by atoms with Crippen molar-refractivity contribution in [1.29, 1.82) is 0 Å². The van der Waals surface area contributed by atoms with Crippen LogP contribution in [0.15, 0.2) is 18.3 Å². The summed E-state index contributed by atoms with van der Waals surface area (Å²) in [4.78, 5) is 6.72. The first-order valence-corrected chi connectivity index (χ1v) is 7.64. The summed E-state index contributed by atoms with van der Waals surface area (Å²) in [6, 6.07) is 4.12. The highest BCUT2D eigenvalue weighted by Crippen LogP contribution is 2.37. The molecule has 1 aromatic heterocycles. The summed E-state index contributed by atoms with van der Waals surface area (Å²) in [5, 5.41) is 11.3. The molecule has 3 heterocycles. The Balaban J connectivity index is 1.83. The van der Waals surface area contributed by atoms with Gasteiger partial charge in [0, 0.05) is 31.3 Å². The topological polar surface area (TPSA) is 45.6 Å². The van der Waals surface area contributed by atoms with E-state index in [0.29, 0.717) is 30.7 Å². The molecule has 0 saturated carbocycles. The second-order valence-corrected chi connectivity index (χ2v) is 6.46. The Kier molecular flexibility index (Phi) is 3.89. The highest BCUT2D eigenvalue weighted by Gasteiger charge is 2.44. The van der Waals surface area contributed by atoms with E-state index < -0.39 is 5.60 Å². The number of hydrogen-bond acceptors (Lipinski definition) is 4. The molecule has 1 aromatic rings. The van der Waals surface area contributed by atoms with E-state index in [0.717, 1.165) is 25.2 Å². The Morgan fingerprint density at radius 1 is 1.50 bits per heavy atom. The molecule has 2 saturated heterocycles. The van der Waals surface area contributed by atoms with Crippen molar-refractivity contribution in [2.24, 2.45) is 5.92 Å². The molecule has 3 atom stereocenters. The molecule has 0 radical (unpaired) electrons. The summed E-state index contributed by atoms with van der Waals surface area (Å²) in [6.07, 6.45) is 4.59. The molecule has 2 aliphatic heterocycles. The Bertz CT molecular complexity index is 463. The number of rotatable bonds is 2. The van der Waals surface area contributed by atoms with Gasteiger partial charge in [-0.25, -0.2) is 4.98 Å². The van der Waals surface area contributed by atoms with Gasteiger partial charge in [-0.05, 0) is 38.3 Å². The van der Waals surface area contributed by atoms with Gasteiger partial charge in [0.25, 0.3) is 0 Å². The van der Waals surface area contributed by atoms with Crippen LogP contribution >= 0.6 is 11.6 Å². The molecule has 0 aromatic carbocycles. The van der Waals surface area contributed by atoms with Crippen molar-refractivity contribution in [3.63, 3.8) is 0 Å². The molecular formula is C15H21ClN2O2. The van der Waals surface area contributed by atoms with Gasteiger partial charge in [0.1, 0.15) is 5.82 Å². The summed E-state index contributed by atoms with van der Waals surface area (Å²) in [6.45, 7) is 4.19.